The van der Waals surface area contributed by atoms with Gasteiger partial charge in [-0.3, -0.25) is 14.6 Å². The summed E-state index contributed by atoms with van der Waals surface area (Å²) in [6.07, 6.45) is 6.07. The summed E-state index contributed by atoms with van der Waals surface area (Å²) in [6, 6.07) is 9.35. The smallest absolute Gasteiger partial charge is 0.274 e. The first kappa shape index (κ1) is 15.1. The van der Waals surface area contributed by atoms with Gasteiger partial charge in [0.1, 0.15) is 5.69 Å². The summed E-state index contributed by atoms with van der Waals surface area (Å²) in [5.74, 6) is -0.423. The van der Waals surface area contributed by atoms with Gasteiger partial charge in [0, 0.05) is 31.2 Å². The third kappa shape index (κ3) is 3.71. The second-order valence-electron chi connectivity index (χ2n) is 5.54. The number of para-hydroxylation sites is 1. The zero-order chi connectivity index (χ0) is 16.1. The number of hydrogen-bond donors (Lipinski definition) is 1. The van der Waals surface area contributed by atoms with E-state index in [1.54, 1.807) is 4.90 Å². The fourth-order valence-electron chi connectivity index (χ4n) is 2.71. The first-order valence-corrected chi connectivity index (χ1v) is 7.65. The van der Waals surface area contributed by atoms with Crippen LogP contribution in [0.5, 0.6) is 0 Å². The van der Waals surface area contributed by atoms with Gasteiger partial charge < -0.3 is 10.2 Å². The van der Waals surface area contributed by atoms with Crippen LogP contribution in [-0.4, -0.2) is 39.8 Å². The van der Waals surface area contributed by atoms with Gasteiger partial charge >= 0.3 is 0 Å². The van der Waals surface area contributed by atoms with E-state index in [1.807, 2.05) is 30.3 Å². The number of carbonyl (C=O) groups excluding carboxylic acids is 2. The molecule has 6 heteroatoms. The quantitative estimate of drug-likeness (QED) is 0.940. The molecule has 1 fully saturated rings. The molecule has 0 radical (unpaired) electrons. The lowest BCUT2D eigenvalue weighted by Gasteiger charge is -2.31. The van der Waals surface area contributed by atoms with Crippen LogP contribution >= 0.6 is 0 Å². The Labute approximate surface area is 134 Å². The van der Waals surface area contributed by atoms with Crippen LogP contribution < -0.4 is 5.32 Å². The standard InChI is InChI=1S/C17H18N4O2/c22-16(20-14-6-2-1-3-7-14)13-5-4-10-21(12-13)17(23)15-11-18-8-9-19-15/h1-3,6-9,11,13H,4-5,10,12H2,(H,20,22). The van der Waals surface area contributed by atoms with Gasteiger partial charge in [-0.2, -0.15) is 0 Å². The highest BCUT2D eigenvalue weighted by Crippen LogP contribution is 2.20. The number of anilines is 1. The molecule has 1 atom stereocenters. The molecule has 6 nitrogen and oxygen atoms in total. The first-order chi connectivity index (χ1) is 11.2. The number of aromatic nitrogens is 2. The van der Waals surface area contributed by atoms with Crippen LogP contribution in [0, 0.1) is 5.92 Å². The van der Waals surface area contributed by atoms with Gasteiger partial charge in [-0.25, -0.2) is 4.98 Å². The van der Waals surface area contributed by atoms with Crippen molar-refractivity contribution in [3.63, 3.8) is 0 Å². The molecule has 2 aromatic rings. The third-order valence-corrected chi connectivity index (χ3v) is 3.90. The molecule has 0 saturated carbocycles. The number of hydrogen-bond acceptors (Lipinski definition) is 4. The molecule has 1 saturated heterocycles. The average Bonchev–Trinajstić information content (AvgIpc) is 2.63. The van der Waals surface area contributed by atoms with Crippen LogP contribution in [0.1, 0.15) is 23.3 Å². The summed E-state index contributed by atoms with van der Waals surface area (Å²) in [5.41, 5.74) is 1.09. The number of likely N-dealkylation sites (tertiary alicyclic amines) is 1. The van der Waals surface area contributed by atoms with E-state index >= 15 is 0 Å². The summed E-state index contributed by atoms with van der Waals surface area (Å²) >= 11 is 0. The van der Waals surface area contributed by atoms with Gasteiger partial charge in [0.05, 0.1) is 12.1 Å². The van der Waals surface area contributed by atoms with Crippen molar-refractivity contribution in [3.8, 4) is 0 Å². The fourth-order valence-corrected chi connectivity index (χ4v) is 2.71. The van der Waals surface area contributed by atoms with Crippen LogP contribution in [0.2, 0.25) is 0 Å². The van der Waals surface area contributed by atoms with Gasteiger partial charge in [-0.1, -0.05) is 18.2 Å². The zero-order valence-corrected chi connectivity index (χ0v) is 12.7. The lowest BCUT2D eigenvalue weighted by atomic mass is 9.96. The topological polar surface area (TPSA) is 75.2 Å². The largest absolute Gasteiger partial charge is 0.336 e. The second kappa shape index (κ2) is 7.00. The van der Waals surface area contributed by atoms with E-state index in [2.05, 4.69) is 15.3 Å². The first-order valence-electron chi connectivity index (χ1n) is 7.65. The van der Waals surface area contributed by atoms with Crippen LogP contribution in [-0.2, 0) is 4.79 Å². The Morgan fingerprint density at radius 1 is 1.17 bits per heavy atom. The Kier molecular flexibility index (Phi) is 4.61. The Hall–Kier alpha value is -2.76. The van der Waals surface area contributed by atoms with Crippen molar-refractivity contribution in [2.75, 3.05) is 18.4 Å². The van der Waals surface area contributed by atoms with Crippen molar-refractivity contribution in [3.05, 3.63) is 54.6 Å². The normalized spacial score (nSPS) is 17.6. The van der Waals surface area contributed by atoms with Gasteiger partial charge in [0.2, 0.25) is 5.91 Å². The molecule has 1 aliphatic rings. The van der Waals surface area contributed by atoms with Crippen molar-refractivity contribution in [1.29, 1.82) is 0 Å². The minimum absolute atomic E-state index is 0.0483. The SMILES string of the molecule is O=C(Nc1ccccc1)C1CCCN(C(=O)c2cnccn2)C1. The Morgan fingerprint density at radius 3 is 2.74 bits per heavy atom. The Bertz CT molecular complexity index is 676. The highest BCUT2D eigenvalue weighted by atomic mass is 16.2. The van der Waals surface area contributed by atoms with Gasteiger partial charge in [0.15, 0.2) is 0 Å². The minimum Gasteiger partial charge on any atom is -0.336 e. The molecule has 2 amide bonds. The van der Waals surface area contributed by atoms with Crippen molar-refractivity contribution in [1.82, 2.24) is 14.9 Å². The molecule has 2 heterocycles. The van der Waals surface area contributed by atoms with Crippen molar-refractivity contribution in [2.24, 2.45) is 5.92 Å². The summed E-state index contributed by atoms with van der Waals surface area (Å²) < 4.78 is 0. The number of carbonyl (C=O) groups is 2. The van der Waals surface area contributed by atoms with Gasteiger partial charge in [0.25, 0.3) is 5.91 Å². The molecule has 1 N–H and O–H groups in total. The average molecular weight is 310 g/mol. The van der Waals surface area contributed by atoms with Crippen LogP contribution in [0.4, 0.5) is 5.69 Å². The monoisotopic (exact) mass is 310 g/mol. The number of benzene rings is 1. The molecule has 1 aliphatic heterocycles. The molecule has 0 spiro atoms. The highest BCUT2D eigenvalue weighted by molar-refractivity contribution is 5.95. The number of piperidine rings is 1. The number of nitrogens with one attached hydrogen (secondary N) is 1. The zero-order valence-electron chi connectivity index (χ0n) is 12.7. The maximum Gasteiger partial charge on any atom is 0.274 e. The highest BCUT2D eigenvalue weighted by Gasteiger charge is 2.29. The lowest BCUT2D eigenvalue weighted by molar-refractivity contribution is -0.121. The van der Waals surface area contributed by atoms with E-state index < -0.39 is 0 Å². The molecular weight excluding hydrogens is 292 g/mol. The molecule has 3 rings (SSSR count). The van der Waals surface area contributed by atoms with E-state index in [9.17, 15) is 9.59 Å². The predicted octanol–water partition coefficient (Wildman–Crippen LogP) is 1.97. The maximum absolute atomic E-state index is 12.4. The van der Waals surface area contributed by atoms with Gasteiger partial charge in [-0.05, 0) is 25.0 Å². The fraction of sp³-hybridized carbons (Fsp3) is 0.294. The third-order valence-electron chi connectivity index (χ3n) is 3.90. The summed E-state index contributed by atoms with van der Waals surface area (Å²) in [4.78, 5) is 34.5. The van der Waals surface area contributed by atoms with Gasteiger partial charge in [-0.15, -0.1) is 0 Å². The van der Waals surface area contributed by atoms with E-state index in [-0.39, 0.29) is 17.7 Å². The predicted molar refractivity (Wildman–Crippen MR) is 85.7 cm³/mol. The van der Waals surface area contributed by atoms with E-state index in [0.717, 1.165) is 18.5 Å². The summed E-state index contributed by atoms with van der Waals surface area (Å²) in [5, 5.41) is 2.91. The Balaban J connectivity index is 1.64. The van der Waals surface area contributed by atoms with Crippen molar-refractivity contribution < 1.29 is 9.59 Å². The number of amides is 2. The van der Waals surface area contributed by atoms with E-state index in [0.29, 0.717) is 18.8 Å². The molecule has 0 aliphatic carbocycles. The lowest BCUT2D eigenvalue weighted by Crippen LogP contribution is -2.44. The number of nitrogens with zero attached hydrogens (tertiary/aromatic N) is 3. The van der Waals surface area contributed by atoms with Crippen LogP contribution in [0.25, 0.3) is 0 Å². The summed E-state index contributed by atoms with van der Waals surface area (Å²) in [6.45, 7) is 1.05. The molecule has 1 unspecified atom stereocenters. The molecule has 118 valence electrons. The summed E-state index contributed by atoms with van der Waals surface area (Å²) in [7, 11) is 0. The second-order valence-corrected chi connectivity index (χ2v) is 5.54. The molecule has 0 bridgehead atoms. The molecule has 1 aromatic heterocycles. The minimum atomic E-state index is -0.204. The molecule has 1 aromatic carbocycles. The van der Waals surface area contributed by atoms with Crippen LogP contribution in [0.3, 0.4) is 0 Å². The number of rotatable bonds is 3. The molecule has 23 heavy (non-hydrogen) atoms. The van der Waals surface area contributed by atoms with Crippen LogP contribution in [0.15, 0.2) is 48.9 Å². The van der Waals surface area contributed by atoms with Crippen molar-refractivity contribution in [2.45, 2.75) is 12.8 Å². The van der Waals surface area contributed by atoms with E-state index in [4.69, 9.17) is 0 Å². The molecular formula is C17H18N4O2. The van der Waals surface area contributed by atoms with Crippen molar-refractivity contribution >= 4 is 17.5 Å². The Morgan fingerprint density at radius 2 is 2.00 bits per heavy atom. The van der Waals surface area contributed by atoms with E-state index in [1.165, 1.54) is 18.6 Å². The maximum atomic E-state index is 12.4.